The Labute approximate surface area is 287 Å². The summed E-state index contributed by atoms with van der Waals surface area (Å²) in [6, 6.07) is 23.1. The summed E-state index contributed by atoms with van der Waals surface area (Å²) in [6.07, 6.45) is 0.905. The SMILES string of the molecule is Cc1c(C(=O)NCCCN2CCN(C)CC2)c(-c2cccc(N3CCN(c4ccc([N+](=O)[O-])cc4)CC3)c2)c(-c2ccc(Cl)cc2)n1C. The van der Waals surface area contributed by atoms with E-state index in [1.54, 1.807) is 12.1 Å². The molecule has 252 valence electrons. The van der Waals surface area contributed by atoms with Gasteiger partial charge in [-0.05, 0) is 74.5 Å². The molecular formula is C37H44ClN7O3. The van der Waals surface area contributed by atoms with Crippen LogP contribution in [0.3, 0.4) is 0 Å². The summed E-state index contributed by atoms with van der Waals surface area (Å²) in [5.41, 5.74) is 7.67. The van der Waals surface area contributed by atoms with E-state index < -0.39 is 0 Å². The van der Waals surface area contributed by atoms with Crippen LogP contribution in [0.5, 0.6) is 0 Å². The van der Waals surface area contributed by atoms with Crippen molar-refractivity contribution in [2.24, 2.45) is 7.05 Å². The molecule has 0 saturated carbocycles. The summed E-state index contributed by atoms with van der Waals surface area (Å²) in [6.45, 7) is 11.1. The molecule has 4 aromatic rings. The van der Waals surface area contributed by atoms with Crippen LogP contribution in [0.4, 0.5) is 17.1 Å². The fourth-order valence-corrected chi connectivity index (χ4v) is 6.96. The number of non-ortho nitro benzene ring substituents is 1. The third-order valence-electron chi connectivity index (χ3n) is 9.77. The molecule has 0 radical (unpaired) electrons. The number of hydrogen-bond donors (Lipinski definition) is 1. The number of rotatable bonds is 10. The van der Waals surface area contributed by atoms with Crippen molar-refractivity contribution in [3.05, 3.63) is 99.2 Å². The quantitative estimate of drug-likeness (QED) is 0.127. The van der Waals surface area contributed by atoms with Crippen molar-refractivity contribution >= 4 is 34.6 Å². The number of nitro groups is 1. The summed E-state index contributed by atoms with van der Waals surface area (Å²) < 4.78 is 2.12. The van der Waals surface area contributed by atoms with Crippen molar-refractivity contribution in [3.8, 4) is 22.4 Å². The summed E-state index contributed by atoms with van der Waals surface area (Å²) in [4.78, 5) is 34.2. The Morgan fingerprint density at radius 1 is 0.833 bits per heavy atom. The molecule has 6 rings (SSSR count). The van der Waals surface area contributed by atoms with Gasteiger partial charge in [0.25, 0.3) is 11.6 Å². The van der Waals surface area contributed by atoms with Crippen molar-refractivity contribution in [1.29, 1.82) is 0 Å². The minimum absolute atomic E-state index is 0.0567. The maximum absolute atomic E-state index is 14.0. The van der Waals surface area contributed by atoms with Gasteiger partial charge in [-0.25, -0.2) is 0 Å². The molecule has 1 amide bonds. The molecule has 10 nitrogen and oxygen atoms in total. The van der Waals surface area contributed by atoms with E-state index in [4.69, 9.17) is 11.6 Å². The third-order valence-corrected chi connectivity index (χ3v) is 10.0. The molecule has 0 spiro atoms. The van der Waals surface area contributed by atoms with Gasteiger partial charge >= 0.3 is 0 Å². The number of amides is 1. The molecule has 2 fully saturated rings. The molecule has 2 aliphatic heterocycles. The zero-order valence-corrected chi connectivity index (χ0v) is 28.7. The number of likely N-dealkylation sites (N-methyl/N-ethyl adjacent to an activating group) is 1. The first-order chi connectivity index (χ1) is 23.2. The van der Waals surface area contributed by atoms with Gasteiger partial charge in [-0.15, -0.1) is 0 Å². The Kier molecular flexibility index (Phi) is 10.3. The molecule has 1 N–H and O–H groups in total. The van der Waals surface area contributed by atoms with Gasteiger partial charge in [0.1, 0.15) is 0 Å². The summed E-state index contributed by atoms with van der Waals surface area (Å²) in [7, 11) is 4.18. The molecular weight excluding hydrogens is 626 g/mol. The van der Waals surface area contributed by atoms with E-state index in [1.165, 1.54) is 0 Å². The van der Waals surface area contributed by atoms with Crippen molar-refractivity contribution in [2.45, 2.75) is 13.3 Å². The van der Waals surface area contributed by atoms with Gasteiger partial charge in [0, 0.05) is 106 Å². The standard InChI is InChI=1S/C37H44ClN7O3/c1-27-34(37(46)39-16-5-17-42-20-18-40(2)19-21-42)35(36(41(27)3)28-8-10-30(38)11-9-28)29-6-4-7-33(26-29)44-24-22-43(23-25-44)31-12-14-32(15-13-31)45(47)48/h4,6-15,26H,5,16-25H2,1-3H3,(H,39,46). The van der Waals surface area contributed by atoms with Gasteiger partial charge in [-0.3, -0.25) is 14.9 Å². The number of hydrogen-bond acceptors (Lipinski definition) is 7. The van der Waals surface area contributed by atoms with E-state index in [-0.39, 0.29) is 16.5 Å². The lowest BCUT2D eigenvalue weighted by molar-refractivity contribution is -0.384. The summed E-state index contributed by atoms with van der Waals surface area (Å²) >= 11 is 6.28. The summed E-state index contributed by atoms with van der Waals surface area (Å²) in [5, 5.41) is 15.0. The van der Waals surface area contributed by atoms with E-state index in [1.807, 2.05) is 50.4 Å². The molecule has 0 bridgehead atoms. The normalized spacial score (nSPS) is 15.9. The van der Waals surface area contributed by atoms with Crippen LogP contribution in [0.15, 0.2) is 72.8 Å². The number of aromatic nitrogens is 1. The van der Waals surface area contributed by atoms with Crippen LogP contribution in [0.25, 0.3) is 22.4 Å². The fourth-order valence-electron chi connectivity index (χ4n) is 6.84. The largest absolute Gasteiger partial charge is 0.368 e. The van der Waals surface area contributed by atoms with Crippen molar-refractivity contribution < 1.29 is 9.72 Å². The molecule has 2 aliphatic rings. The second-order valence-corrected chi connectivity index (χ2v) is 13.2. The van der Waals surface area contributed by atoms with Crippen LogP contribution >= 0.6 is 11.6 Å². The second kappa shape index (κ2) is 14.8. The van der Waals surface area contributed by atoms with Gasteiger partial charge in [-0.1, -0.05) is 35.9 Å². The predicted molar refractivity (Wildman–Crippen MR) is 194 cm³/mol. The van der Waals surface area contributed by atoms with Gasteiger partial charge in [0.15, 0.2) is 0 Å². The first-order valence-corrected chi connectivity index (χ1v) is 17.1. The van der Waals surface area contributed by atoms with E-state index in [2.05, 4.69) is 60.8 Å². The van der Waals surface area contributed by atoms with Crippen LogP contribution in [-0.2, 0) is 7.05 Å². The number of nitrogens with zero attached hydrogens (tertiary/aromatic N) is 6. The van der Waals surface area contributed by atoms with Gasteiger partial charge in [-0.2, -0.15) is 0 Å². The van der Waals surface area contributed by atoms with Crippen molar-refractivity contribution in [1.82, 2.24) is 19.7 Å². The molecule has 3 aromatic carbocycles. The van der Waals surface area contributed by atoms with Crippen LogP contribution in [0, 0.1) is 17.0 Å². The molecule has 2 saturated heterocycles. The predicted octanol–water partition coefficient (Wildman–Crippen LogP) is 5.92. The molecule has 48 heavy (non-hydrogen) atoms. The third kappa shape index (κ3) is 7.36. The smallest absolute Gasteiger partial charge is 0.269 e. The summed E-state index contributed by atoms with van der Waals surface area (Å²) in [5.74, 6) is -0.0567. The Morgan fingerprint density at radius 3 is 2.12 bits per heavy atom. The average Bonchev–Trinajstić information content (AvgIpc) is 3.37. The number of nitrogens with one attached hydrogen (secondary N) is 1. The van der Waals surface area contributed by atoms with E-state index in [0.717, 1.165) is 105 Å². The fraction of sp³-hybridized carbons (Fsp3) is 0.378. The number of carbonyl (C=O) groups excluding carboxylic acids is 1. The Morgan fingerprint density at radius 2 is 1.48 bits per heavy atom. The minimum Gasteiger partial charge on any atom is -0.368 e. The number of piperazine rings is 2. The van der Waals surface area contributed by atoms with E-state index in [9.17, 15) is 14.9 Å². The highest BCUT2D eigenvalue weighted by Gasteiger charge is 2.27. The number of carbonyl (C=O) groups is 1. The molecule has 0 aliphatic carbocycles. The molecule has 3 heterocycles. The highest BCUT2D eigenvalue weighted by atomic mass is 35.5. The van der Waals surface area contributed by atoms with Crippen LogP contribution in [0.2, 0.25) is 5.02 Å². The van der Waals surface area contributed by atoms with Gasteiger partial charge in [0.05, 0.1) is 16.2 Å². The lowest BCUT2D eigenvalue weighted by Crippen LogP contribution is -2.46. The first-order valence-electron chi connectivity index (χ1n) is 16.7. The maximum Gasteiger partial charge on any atom is 0.269 e. The second-order valence-electron chi connectivity index (χ2n) is 12.8. The Hall–Kier alpha value is -4.38. The molecule has 11 heteroatoms. The van der Waals surface area contributed by atoms with Crippen molar-refractivity contribution in [2.75, 3.05) is 82.3 Å². The number of anilines is 2. The van der Waals surface area contributed by atoms with E-state index >= 15 is 0 Å². The zero-order chi connectivity index (χ0) is 33.8. The maximum atomic E-state index is 14.0. The molecule has 0 atom stereocenters. The van der Waals surface area contributed by atoms with Crippen LogP contribution in [-0.4, -0.2) is 97.7 Å². The van der Waals surface area contributed by atoms with Gasteiger partial charge < -0.3 is 29.5 Å². The molecule has 1 aromatic heterocycles. The topological polar surface area (TPSA) is 90.1 Å². The highest BCUT2D eigenvalue weighted by Crippen LogP contribution is 2.40. The highest BCUT2D eigenvalue weighted by molar-refractivity contribution is 6.30. The zero-order valence-electron chi connectivity index (χ0n) is 28.0. The lowest BCUT2D eigenvalue weighted by atomic mass is 9.95. The lowest BCUT2D eigenvalue weighted by Gasteiger charge is -2.37. The average molecular weight is 670 g/mol. The number of benzene rings is 3. The Bertz CT molecular complexity index is 1740. The van der Waals surface area contributed by atoms with Crippen LogP contribution in [0.1, 0.15) is 22.5 Å². The van der Waals surface area contributed by atoms with Gasteiger partial charge in [0.2, 0.25) is 0 Å². The van der Waals surface area contributed by atoms with Crippen LogP contribution < -0.4 is 15.1 Å². The monoisotopic (exact) mass is 669 g/mol. The first kappa shape index (κ1) is 33.5. The van der Waals surface area contributed by atoms with Crippen molar-refractivity contribution in [3.63, 3.8) is 0 Å². The number of nitro benzene ring substituents is 1. The number of halogens is 1. The molecule has 0 unspecified atom stereocenters. The minimum atomic E-state index is -0.369. The Balaban J connectivity index is 1.24. The van der Waals surface area contributed by atoms with E-state index in [0.29, 0.717) is 17.1 Å².